The Morgan fingerprint density at radius 3 is 2.29 bits per heavy atom. The number of anilines is 1. The SMILES string of the molecule is Cc1ccc(/C=C2/N=C(c3ccc(Br)cc3)N(c3cccc(C)c3)C2=O)cc1. The van der Waals surface area contributed by atoms with Crippen molar-refractivity contribution in [3.8, 4) is 0 Å². The second kappa shape index (κ2) is 7.56. The van der Waals surface area contributed by atoms with E-state index in [2.05, 4.69) is 15.9 Å². The number of nitrogens with zero attached hydrogens (tertiary/aromatic N) is 2. The molecule has 0 unspecified atom stereocenters. The minimum atomic E-state index is -0.121. The smallest absolute Gasteiger partial charge is 0.266 e. The number of amidine groups is 1. The molecule has 1 amide bonds. The molecule has 3 aromatic carbocycles. The molecule has 1 aliphatic rings. The maximum atomic E-state index is 13.3. The van der Waals surface area contributed by atoms with Crippen LogP contribution in [-0.4, -0.2) is 11.7 Å². The van der Waals surface area contributed by atoms with Crippen molar-refractivity contribution in [2.45, 2.75) is 13.8 Å². The summed E-state index contributed by atoms with van der Waals surface area (Å²) in [5.74, 6) is 0.519. The van der Waals surface area contributed by atoms with Crippen molar-refractivity contribution in [2.75, 3.05) is 4.90 Å². The first-order valence-corrected chi connectivity index (χ1v) is 9.85. The van der Waals surface area contributed by atoms with Crippen LogP contribution in [0.4, 0.5) is 5.69 Å². The van der Waals surface area contributed by atoms with Crippen molar-refractivity contribution in [3.05, 3.63) is 105 Å². The van der Waals surface area contributed by atoms with E-state index in [4.69, 9.17) is 4.99 Å². The maximum absolute atomic E-state index is 13.3. The second-order valence-corrected chi connectivity index (χ2v) is 7.78. The van der Waals surface area contributed by atoms with Gasteiger partial charge in [0.05, 0.1) is 5.69 Å². The van der Waals surface area contributed by atoms with E-state index < -0.39 is 0 Å². The third kappa shape index (κ3) is 3.69. The molecule has 0 fully saturated rings. The number of rotatable bonds is 3. The molecule has 4 rings (SSSR count). The summed E-state index contributed by atoms with van der Waals surface area (Å²) < 4.78 is 0.985. The van der Waals surface area contributed by atoms with E-state index in [9.17, 15) is 4.79 Å². The van der Waals surface area contributed by atoms with Crippen molar-refractivity contribution < 1.29 is 4.79 Å². The number of carbonyl (C=O) groups excluding carboxylic acids is 1. The molecule has 1 aliphatic heterocycles. The first kappa shape index (κ1) is 18.4. The van der Waals surface area contributed by atoms with Gasteiger partial charge in [0, 0.05) is 10.0 Å². The second-order valence-electron chi connectivity index (χ2n) is 6.86. The van der Waals surface area contributed by atoms with Crippen molar-refractivity contribution in [3.63, 3.8) is 0 Å². The van der Waals surface area contributed by atoms with Crippen LogP contribution in [0.3, 0.4) is 0 Å². The van der Waals surface area contributed by atoms with Crippen molar-refractivity contribution in [1.82, 2.24) is 0 Å². The largest absolute Gasteiger partial charge is 0.282 e. The zero-order valence-electron chi connectivity index (χ0n) is 15.7. The van der Waals surface area contributed by atoms with Gasteiger partial charge < -0.3 is 0 Å². The van der Waals surface area contributed by atoms with Crippen LogP contribution in [0.15, 0.2) is 88.0 Å². The van der Waals surface area contributed by atoms with Crippen LogP contribution < -0.4 is 4.90 Å². The number of aliphatic imine (C=N–C) groups is 1. The van der Waals surface area contributed by atoms with Gasteiger partial charge in [-0.15, -0.1) is 0 Å². The minimum Gasteiger partial charge on any atom is -0.266 e. The Balaban J connectivity index is 1.82. The van der Waals surface area contributed by atoms with Crippen LogP contribution in [0.5, 0.6) is 0 Å². The molecule has 1 heterocycles. The molecular weight excluding hydrogens is 412 g/mol. The summed E-state index contributed by atoms with van der Waals surface area (Å²) in [5, 5.41) is 0. The van der Waals surface area contributed by atoms with Gasteiger partial charge >= 0.3 is 0 Å². The summed E-state index contributed by atoms with van der Waals surface area (Å²) in [5.41, 5.74) is 5.38. The lowest BCUT2D eigenvalue weighted by Crippen LogP contribution is -2.32. The summed E-state index contributed by atoms with van der Waals surface area (Å²) in [6.07, 6.45) is 1.84. The van der Waals surface area contributed by atoms with Crippen molar-refractivity contribution in [1.29, 1.82) is 0 Å². The van der Waals surface area contributed by atoms with E-state index in [1.165, 1.54) is 5.56 Å². The van der Waals surface area contributed by atoms with Gasteiger partial charge in [-0.25, -0.2) is 4.99 Å². The highest BCUT2D eigenvalue weighted by Crippen LogP contribution is 2.29. The van der Waals surface area contributed by atoms with Gasteiger partial charge in [-0.2, -0.15) is 0 Å². The average molecular weight is 431 g/mol. The number of amides is 1. The summed E-state index contributed by atoms with van der Waals surface area (Å²) >= 11 is 3.47. The number of carbonyl (C=O) groups is 1. The molecule has 0 bridgehead atoms. The molecule has 0 aromatic heterocycles. The van der Waals surface area contributed by atoms with Crippen LogP contribution in [-0.2, 0) is 4.79 Å². The van der Waals surface area contributed by atoms with Crippen molar-refractivity contribution in [2.24, 2.45) is 4.99 Å². The Bertz CT molecular complexity index is 1100. The minimum absolute atomic E-state index is 0.121. The summed E-state index contributed by atoms with van der Waals surface area (Å²) in [6.45, 7) is 4.06. The van der Waals surface area contributed by atoms with Crippen LogP contribution in [0, 0.1) is 13.8 Å². The zero-order chi connectivity index (χ0) is 19.7. The Hall–Kier alpha value is -2.98. The molecule has 0 aliphatic carbocycles. The molecule has 0 saturated heterocycles. The molecule has 0 atom stereocenters. The van der Waals surface area contributed by atoms with Gasteiger partial charge in [-0.1, -0.05) is 70.0 Å². The number of hydrogen-bond acceptors (Lipinski definition) is 2. The quantitative estimate of drug-likeness (QED) is 0.476. The predicted molar refractivity (Wildman–Crippen MR) is 119 cm³/mol. The van der Waals surface area contributed by atoms with E-state index in [1.807, 2.05) is 92.7 Å². The fourth-order valence-electron chi connectivity index (χ4n) is 3.14. The lowest BCUT2D eigenvalue weighted by Gasteiger charge is -2.19. The fraction of sp³-hybridized carbons (Fsp3) is 0.0833. The van der Waals surface area contributed by atoms with Crippen LogP contribution in [0.25, 0.3) is 6.08 Å². The molecular formula is C24H19BrN2O. The molecule has 3 nitrogen and oxygen atoms in total. The normalized spacial score (nSPS) is 15.2. The highest BCUT2D eigenvalue weighted by atomic mass is 79.9. The number of benzene rings is 3. The topological polar surface area (TPSA) is 32.7 Å². The number of aryl methyl sites for hydroxylation is 2. The Morgan fingerprint density at radius 1 is 0.893 bits per heavy atom. The maximum Gasteiger partial charge on any atom is 0.282 e. The van der Waals surface area contributed by atoms with Crippen LogP contribution in [0.2, 0.25) is 0 Å². The molecule has 138 valence electrons. The van der Waals surface area contributed by atoms with E-state index >= 15 is 0 Å². The Morgan fingerprint density at radius 2 is 1.61 bits per heavy atom. The third-order valence-electron chi connectivity index (χ3n) is 4.60. The Labute approximate surface area is 173 Å². The molecule has 3 aromatic rings. The summed E-state index contributed by atoms with van der Waals surface area (Å²) in [7, 11) is 0. The van der Waals surface area contributed by atoms with E-state index in [0.29, 0.717) is 11.5 Å². The van der Waals surface area contributed by atoms with E-state index in [0.717, 1.165) is 26.9 Å². The molecule has 0 saturated carbocycles. The summed E-state index contributed by atoms with van der Waals surface area (Å²) in [4.78, 5) is 19.7. The fourth-order valence-corrected chi connectivity index (χ4v) is 3.40. The molecule has 28 heavy (non-hydrogen) atoms. The van der Waals surface area contributed by atoms with E-state index in [1.54, 1.807) is 4.90 Å². The van der Waals surface area contributed by atoms with Crippen LogP contribution >= 0.6 is 15.9 Å². The van der Waals surface area contributed by atoms with Gasteiger partial charge in [0.15, 0.2) is 0 Å². The Kier molecular flexibility index (Phi) is 4.97. The highest BCUT2D eigenvalue weighted by Gasteiger charge is 2.32. The monoisotopic (exact) mass is 430 g/mol. The van der Waals surface area contributed by atoms with Gasteiger partial charge in [0.1, 0.15) is 11.5 Å². The first-order chi connectivity index (χ1) is 13.5. The third-order valence-corrected chi connectivity index (χ3v) is 5.13. The van der Waals surface area contributed by atoms with Gasteiger partial charge in [-0.3, -0.25) is 9.69 Å². The lowest BCUT2D eigenvalue weighted by atomic mass is 10.1. The lowest BCUT2D eigenvalue weighted by molar-refractivity contribution is -0.113. The number of halogens is 1. The zero-order valence-corrected chi connectivity index (χ0v) is 17.3. The van der Waals surface area contributed by atoms with Gasteiger partial charge in [0.25, 0.3) is 5.91 Å². The highest BCUT2D eigenvalue weighted by molar-refractivity contribution is 9.10. The van der Waals surface area contributed by atoms with Gasteiger partial charge in [-0.05, 0) is 55.3 Å². The number of hydrogen-bond donors (Lipinski definition) is 0. The van der Waals surface area contributed by atoms with Crippen molar-refractivity contribution >= 4 is 39.4 Å². The average Bonchev–Trinajstić information content (AvgIpc) is 3.00. The van der Waals surface area contributed by atoms with Gasteiger partial charge in [0.2, 0.25) is 0 Å². The summed E-state index contributed by atoms with van der Waals surface area (Å²) in [6, 6.07) is 23.8. The van der Waals surface area contributed by atoms with E-state index in [-0.39, 0.29) is 5.91 Å². The molecule has 0 N–H and O–H groups in total. The predicted octanol–water partition coefficient (Wildman–Crippen LogP) is 5.90. The van der Waals surface area contributed by atoms with Crippen LogP contribution in [0.1, 0.15) is 22.3 Å². The standard InChI is InChI=1S/C24H19BrN2O/c1-16-6-8-18(9-7-16)15-22-24(28)27(21-5-3-4-17(2)14-21)23(26-22)19-10-12-20(25)13-11-19/h3-15H,1-2H3/b22-15+. The molecule has 0 radical (unpaired) electrons. The first-order valence-electron chi connectivity index (χ1n) is 9.05. The molecule has 0 spiro atoms. The molecule has 4 heteroatoms.